The standard InChI is InChI=1S/C13H21IO/c1-2-3-9-12(14)11-8-6-4-5-7-10-13(11)15/h2-10H2,1H3/b12-11-. The van der Waals surface area contributed by atoms with Gasteiger partial charge in [0.1, 0.15) is 0 Å². The van der Waals surface area contributed by atoms with Crippen molar-refractivity contribution in [2.45, 2.75) is 64.7 Å². The molecule has 0 aliphatic heterocycles. The van der Waals surface area contributed by atoms with Crippen molar-refractivity contribution in [3.05, 3.63) is 9.15 Å². The Bertz CT molecular complexity index is 243. The molecular weight excluding hydrogens is 299 g/mol. The summed E-state index contributed by atoms with van der Waals surface area (Å²) in [5.74, 6) is 0.426. The van der Waals surface area contributed by atoms with E-state index >= 15 is 0 Å². The molecule has 0 spiro atoms. The van der Waals surface area contributed by atoms with Crippen molar-refractivity contribution in [3.8, 4) is 0 Å². The van der Waals surface area contributed by atoms with Crippen LogP contribution in [0.25, 0.3) is 0 Å². The van der Waals surface area contributed by atoms with Crippen molar-refractivity contribution < 1.29 is 4.79 Å². The molecule has 1 aliphatic rings. The number of Topliss-reactive ketones (excluding diaryl/α,β-unsaturated/α-hetero) is 1. The van der Waals surface area contributed by atoms with Crippen LogP contribution in [0.1, 0.15) is 64.7 Å². The van der Waals surface area contributed by atoms with Gasteiger partial charge in [0, 0.05) is 12.0 Å². The third-order valence-electron chi connectivity index (χ3n) is 2.99. The van der Waals surface area contributed by atoms with Crippen molar-refractivity contribution in [2.24, 2.45) is 0 Å². The highest BCUT2D eigenvalue weighted by atomic mass is 127. The molecule has 0 aromatic rings. The van der Waals surface area contributed by atoms with Crippen LogP contribution in [0.3, 0.4) is 0 Å². The Kier molecular flexibility index (Phi) is 6.53. The molecule has 1 saturated carbocycles. The molecule has 0 amide bonds. The fraction of sp³-hybridized carbons (Fsp3) is 0.769. The molecule has 1 rings (SSSR count). The van der Waals surface area contributed by atoms with E-state index in [4.69, 9.17) is 0 Å². The van der Waals surface area contributed by atoms with E-state index in [-0.39, 0.29) is 0 Å². The predicted molar refractivity (Wildman–Crippen MR) is 73.3 cm³/mol. The highest BCUT2D eigenvalue weighted by Gasteiger charge is 2.15. The SMILES string of the molecule is CCCC/C(I)=C1\CCCCCCC1=O. The van der Waals surface area contributed by atoms with Crippen LogP contribution in [-0.4, -0.2) is 5.78 Å². The lowest BCUT2D eigenvalue weighted by Gasteiger charge is -2.13. The number of halogens is 1. The van der Waals surface area contributed by atoms with Crippen LogP contribution in [0.2, 0.25) is 0 Å². The van der Waals surface area contributed by atoms with Crippen molar-refractivity contribution in [3.63, 3.8) is 0 Å². The Morgan fingerprint density at radius 3 is 2.53 bits per heavy atom. The maximum atomic E-state index is 11.9. The number of ketones is 1. The van der Waals surface area contributed by atoms with Gasteiger partial charge in [0.15, 0.2) is 5.78 Å². The normalized spacial score (nSPS) is 22.1. The Labute approximate surface area is 107 Å². The Balaban J connectivity index is 2.64. The third-order valence-corrected chi connectivity index (χ3v) is 4.18. The van der Waals surface area contributed by atoms with Gasteiger partial charge in [-0.1, -0.05) is 26.2 Å². The van der Waals surface area contributed by atoms with E-state index < -0.39 is 0 Å². The number of carbonyl (C=O) groups is 1. The Morgan fingerprint density at radius 2 is 1.87 bits per heavy atom. The molecule has 0 bridgehead atoms. The number of allylic oxidation sites excluding steroid dienone is 2. The predicted octanol–water partition coefficient (Wildman–Crippen LogP) is 4.79. The minimum atomic E-state index is 0.426. The number of rotatable bonds is 3. The zero-order valence-corrected chi connectivity index (χ0v) is 11.8. The topological polar surface area (TPSA) is 17.1 Å². The van der Waals surface area contributed by atoms with Crippen LogP contribution in [-0.2, 0) is 4.79 Å². The quantitative estimate of drug-likeness (QED) is 0.540. The van der Waals surface area contributed by atoms with Gasteiger partial charge in [-0.3, -0.25) is 4.79 Å². The fourth-order valence-electron chi connectivity index (χ4n) is 2.00. The lowest BCUT2D eigenvalue weighted by Crippen LogP contribution is -2.07. The lowest BCUT2D eigenvalue weighted by molar-refractivity contribution is -0.116. The molecule has 1 nitrogen and oxygen atoms in total. The smallest absolute Gasteiger partial charge is 0.159 e. The van der Waals surface area contributed by atoms with Crippen LogP contribution in [0.5, 0.6) is 0 Å². The summed E-state index contributed by atoms with van der Waals surface area (Å²) in [6.45, 7) is 2.20. The van der Waals surface area contributed by atoms with Gasteiger partial charge in [0.05, 0.1) is 0 Å². The molecule has 0 radical (unpaired) electrons. The first-order valence-corrected chi connectivity index (χ1v) is 7.24. The van der Waals surface area contributed by atoms with Gasteiger partial charge < -0.3 is 0 Å². The average Bonchev–Trinajstić information content (AvgIpc) is 2.20. The van der Waals surface area contributed by atoms with E-state index in [2.05, 4.69) is 29.5 Å². The maximum absolute atomic E-state index is 11.9. The first kappa shape index (κ1) is 13.2. The zero-order valence-electron chi connectivity index (χ0n) is 9.65. The first-order valence-electron chi connectivity index (χ1n) is 6.16. The second kappa shape index (κ2) is 7.42. The number of carbonyl (C=O) groups excluding carboxylic acids is 1. The minimum Gasteiger partial charge on any atom is -0.295 e. The Hall–Kier alpha value is 0.140. The largest absolute Gasteiger partial charge is 0.295 e. The number of hydrogen-bond donors (Lipinski definition) is 0. The molecule has 1 aliphatic carbocycles. The summed E-state index contributed by atoms with van der Waals surface area (Å²) in [6.07, 6.45) is 10.2. The molecule has 0 N–H and O–H groups in total. The van der Waals surface area contributed by atoms with Crippen molar-refractivity contribution in [1.82, 2.24) is 0 Å². The van der Waals surface area contributed by atoms with Gasteiger partial charge in [-0.2, -0.15) is 0 Å². The van der Waals surface area contributed by atoms with Crippen molar-refractivity contribution in [1.29, 1.82) is 0 Å². The molecule has 0 unspecified atom stereocenters. The van der Waals surface area contributed by atoms with E-state index in [1.807, 2.05) is 0 Å². The summed E-state index contributed by atoms with van der Waals surface area (Å²) in [6, 6.07) is 0. The molecule has 0 atom stereocenters. The molecule has 0 aromatic carbocycles. The molecule has 1 fully saturated rings. The fourth-order valence-corrected chi connectivity index (χ4v) is 2.95. The number of hydrogen-bond acceptors (Lipinski definition) is 1. The van der Waals surface area contributed by atoms with E-state index in [9.17, 15) is 4.79 Å². The van der Waals surface area contributed by atoms with Crippen molar-refractivity contribution >= 4 is 28.4 Å². The van der Waals surface area contributed by atoms with E-state index in [1.54, 1.807) is 0 Å². The Morgan fingerprint density at radius 1 is 1.20 bits per heavy atom. The van der Waals surface area contributed by atoms with Crippen LogP contribution in [0.4, 0.5) is 0 Å². The molecular formula is C13H21IO. The van der Waals surface area contributed by atoms with Gasteiger partial charge in [-0.25, -0.2) is 0 Å². The first-order chi connectivity index (χ1) is 7.25. The summed E-state index contributed by atoms with van der Waals surface area (Å²) in [7, 11) is 0. The van der Waals surface area contributed by atoms with Crippen LogP contribution in [0.15, 0.2) is 9.15 Å². The summed E-state index contributed by atoms with van der Waals surface area (Å²) < 4.78 is 1.33. The minimum absolute atomic E-state index is 0.426. The molecule has 0 aromatic heterocycles. The van der Waals surface area contributed by atoms with Crippen molar-refractivity contribution in [2.75, 3.05) is 0 Å². The van der Waals surface area contributed by atoms with E-state index in [0.717, 1.165) is 31.3 Å². The average molecular weight is 320 g/mol. The molecule has 0 heterocycles. The van der Waals surface area contributed by atoms with E-state index in [1.165, 1.54) is 35.7 Å². The summed E-state index contributed by atoms with van der Waals surface area (Å²) >= 11 is 2.39. The second-order valence-corrected chi connectivity index (χ2v) is 5.63. The van der Waals surface area contributed by atoms with Crippen LogP contribution in [0, 0.1) is 0 Å². The van der Waals surface area contributed by atoms with Gasteiger partial charge >= 0.3 is 0 Å². The van der Waals surface area contributed by atoms with Crippen LogP contribution < -0.4 is 0 Å². The van der Waals surface area contributed by atoms with Gasteiger partial charge in [-0.05, 0) is 58.3 Å². The van der Waals surface area contributed by atoms with Crippen LogP contribution >= 0.6 is 22.6 Å². The van der Waals surface area contributed by atoms with Gasteiger partial charge in [0.2, 0.25) is 0 Å². The zero-order chi connectivity index (χ0) is 11.1. The third kappa shape index (κ3) is 4.66. The summed E-state index contributed by atoms with van der Waals surface area (Å²) in [5.41, 5.74) is 1.16. The van der Waals surface area contributed by atoms with Gasteiger partial charge in [-0.15, -0.1) is 0 Å². The molecule has 0 saturated heterocycles. The second-order valence-electron chi connectivity index (χ2n) is 4.32. The van der Waals surface area contributed by atoms with Gasteiger partial charge in [0.25, 0.3) is 0 Å². The monoisotopic (exact) mass is 320 g/mol. The lowest BCUT2D eigenvalue weighted by atomic mass is 9.94. The molecule has 2 heteroatoms. The summed E-state index contributed by atoms with van der Waals surface area (Å²) in [4.78, 5) is 11.9. The van der Waals surface area contributed by atoms with E-state index in [0.29, 0.717) is 5.78 Å². The summed E-state index contributed by atoms with van der Waals surface area (Å²) in [5, 5.41) is 0. The molecule has 86 valence electrons. The number of unbranched alkanes of at least 4 members (excludes halogenated alkanes) is 1. The molecule has 15 heavy (non-hydrogen) atoms. The maximum Gasteiger partial charge on any atom is 0.159 e. The highest BCUT2D eigenvalue weighted by molar-refractivity contribution is 14.1. The highest BCUT2D eigenvalue weighted by Crippen LogP contribution is 2.27.